The molecule has 0 radical (unpaired) electrons. The van der Waals surface area contributed by atoms with Crippen LogP contribution in [-0.4, -0.2) is 4.98 Å². The molecule has 84 valence electrons. The molecule has 0 aliphatic rings. The van der Waals surface area contributed by atoms with Crippen molar-refractivity contribution >= 4 is 5.69 Å². The number of hydrogen-bond donors (Lipinski definition) is 1. The molecule has 1 N–H and O–H groups in total. The van der Waals surface area contributed by atoms with E-state index in [2.05, 4.69) is 23.3 Å². The Bertz CT molecular complexity index is 538. The number of rotatable bonds is 3. The largest absolute Gasteiger partial charge is 0.381 e. The molecule has 2 aromatic rings. The molecule has 2 rings (SSSR count). The molecular weight excluding hydrogens is 210 g/mol. The van der Waals surface area contributed by atoms with Gasteiger partial charge in [0.05, 0.1) is 11.6 Å². The van der Waals surface area contributed by atoms with Gasteiger partial charge in [0.15, 0.2) is 0 Å². The van der Waals surface area contributed by atoms with E-state index in [9.17, 15) is 0 Å². The maximum Gasteiger partial charge on any atom is 0.0991 e. The van der Waals surface area contributed by atoms with Crippen molar-refractivity contribution in [2.75, 3.05) is 5.32 Å². The highest BCUT2D eigenvalue weighted by molar-refractivity contribution is 5.47. The van der Waals surface area contributed by atoms with Gasteiger partial charge in [-0.3, -0.25) is 4.98 Å². The van der Waals surface area contributed by atoms with Crippen LogP contribution in [0.25, 0.3) is 0 Å². The van der Waals surface area contributed by atoms with E-state index in [1.165, 1.54) is 11.1 Å². The second-order valence-electron chi connectivity index (χ2n) is 3.84. The van der Waals surface area contributed by atoms with E-state index in [1.807, 2.05) is 24.4 Å². The summed E-state index contributed by atoms with van der Waals surface area (Å²) in [4.78, 5) is 4.10. The lowest BCUT2D eigenvalue weighted by Crippen LogP contribution is -2.01. The maximum atomic E-state index is 8.69. The Morgan fingerprint density at radius 3 is 2.65 bits per heavy atom. The number of nitrogens with zero attached hydrogens (tertiary/aromatic N) is 2. The van der Waals surface area contributed by atoms with Crippen molar-refractivity contribution in [1.82, 2.24) is 4.98 Å². The third-order valence-corrected chi connectivity index (χ3v) is 2.64. The van der Waals surface area contributed by atoms with E-state index >= 15 is 0 Å². The van der Waals surface area contributed by atoms with Gasteiger partial charge in [-0.15, -0.1) is 0 Å². The summed E-state index contributed by atoms with van der Waals surface area (Å²) in [7, 11) is 0. The second kappa shape index (κ2) is 5.13. The summed E-state index contributed by atoms with van der Waals surface area (Å²) in [5, 5.41) is 12.0. The Hall–Kier alpha value is -2.34. The van der Waals surface area contributed by atoms with Crippen molar-refractivity contribution < 1.29 is 0 Å². The third kappa shape index (κ3) is 2.82. The molecule has 0 fully saturated rings. The SMILES string of the molecule is Cc1ccncc1CNc1ccc(C#N)cc1. The van der Waals surface area contributed by atoms with Crippen LogP contribution in [-0.2, 0) is 6.54 Å². The number of benzene rings is 1. The summed E-state index contributed by atoms with van der Waals surface area (Å²) in [6.07, 6.45) is 3.66. The van der Waals surface area contributed by atoms with Crippen molar-refractivity contribution in [3.63, 3.8) is 0 Å². The molecule has 17 heavy (non-hydrogen) atoms. The average molecular weight is 223 g/mol. The summed E-state index contributed by atoms with van der Waals surface area (Å²) in [5.74, 6) is 0. The lowest BCUT2D eigenvalue weighted by Gasteiger charge is -2.08. The number of aromatic nitrogens is 1. The standard InChI is InChI=1S/C14H13N3/c1-11-6-7-16-9-13(11)10-17-14-4-2-12(8-15)3-5-14/h2-7,9,17H,10H2,1H3. The van der Waals surface area contributed by atoms with Crippen LogP contribution >= 0.6 is 0 Å². The molecule has 1 aromatic heterocycles. The lowest BCUT2D eigenvalue weighted by atomic mass is 10.1. The zero-order chi connectivity index (χ0) is 12.1. The van der Waals surface area contributed by atoms with Crippen LogP contribution in [0.4, 0.5) is 5.69 Å². The van der Waals surface area contributed by atoms with Gasteiger partial charge in [0.2, 0.25) is 0 Å². The van der Waals surface area contributed by atoms with Crippen LogP contribution in [0.1, 0.15) is 16.7 Å². The predicted molar refractivity (Wildman–Crippen MR) is 67.5 cm³/mol. The maximum absolute atomic E-state index is 8.69. The number of hydrogen-bond acceptors (Lipinski definition) is 3. The van der Waals surface area contributed by atoms with Crippen LogP contribution < -0.4 is 5.32 Å². The Morgan fingerprint density at radius 2 is 2.00 bits per heavy atom. The Balaban J connectivity index is 2.03. The average Bonchev–Trinajstić information content (AvgIpc) is 2.38. The third-order valence-electron chi connectivity index (χ3n) is 2.64. The smallest absolute Gasteiger partial charge is 0.0991 e. The minimum atomic E-state index is 0.674. The van der Waals surface area contributed by atoms with E-state index < -0.39 is 0 Å². The van der Waals surface area contributed by atoms with Gasteiger partial charge >= 0.3 is 0 Å². The number of anilines is 1. The number of aryl methyl sites for hydroxylation is 1. The zero-order valence-corrected chi connectivity index (χ0v) is 9.64. The first-order valence-corrected chi connectivity index (χ1v) is 5.43. The molecule has 0 atom stereocenters. The van der Waals surface area contributed by atoms with Crippen LogP contribution in [0.3, 0.4) is 0 Å². The minimum Gasteiger partial charge on any atom is -0.381 e. The van der Waals surface area contributed by atoms with Gasteiger partial charge in [-0.2, -0.15) is 5.26 Å². The molecule has 3 nitrogen and oxygen atoms in total. The molecule has 0 aliphatic carbocycles. The van der Waals surface area contributed by atoms with Crippen molar-refractivity contribution in [2.45, 2.75) is 13.5 Å². The van der Waals surface area contributed by atoms with Gasteiger partial charge < -0.3 is 5.32 Å². The van der Waals surface area contributed by atoms with E-state index in [1.54, 1.807) is 18.3 Å². The number of nitrogens with one attached hydrogen (secondary N) is 1. The fourth-order valence-corrected chi connectivity index (χ4v) is 1.54. The molecule has 0 saturated heterocycles. The predicted octanol–water partition coefficient (Wildman–Crippen LogP) is 2.87. The first-order valence-electron chi connectivity index (χ1n) is 5.43. The number of nitriles is 1. The quantitative estimate of drug-likeness (QED) is 0.870. The first kappa shape index (κ1) is 11.2. The molecule has 0 bridgehead atoms. The van der Waals surface area contributed by atoms with Crippen molar-refractivity contribution in [3.8, 4) is 6.07 Å². The zero-order valence-electron chi connectivity index (χ0n) is 9.64. The molecule has 1 aromatic carbocycles. The van der Waals surface area contributed by atoms with Crippen LogP contribution in [0.2, 0.25) is 0 Å². The Kier molecular flexibility index (Phi) is 3.37. The summed E-state index contributed by atoms with van der Waals surface area (Å²) >= 11 is 0. The van der Waals surface area contributed by atoms with Crippen LogP contribution in [0.15, 0.2) is 42.7 Å². The van der Waals surface area contributed by atoms with Gasteiger partial charge in [0.25, 0.3) is 0 Å². The monoisotopic (exact) mass is 223 g/mol. The van der Waals surface area contributed by atoms with Crippen molar-refractivity contribution in [1.29, 1.82) is 5.26 Å². The van der Waals surface area contributed by atoms with Gasteiger partial charge in [-0.25, -0.2) is 0 Å². The van der Waals surface area contributed by atoms with Crippen molar-refractivity contribution in [2.24, 2.45) is 0 Å². The molecule has 3 heteroatoms. The van der Waals surface area contributed by atoms with E-state index in [4.69, 9.17) is 5.26 Å². The topological polar surface area (TPSA) is 48.7 Å². The summed E-state index contributed by atoms with van der Waals surface area (Å²) in [6.45, 7) is 2.81. The van der Waals surface area contributed by atoms with E-state index in [0.29, 0.717) is 5.56 Å². The molecule has 1 heterocycles. The van der Waals surface area contributed by atoms with E-state index in [0.717, 1.165) is 12.2 Å². The van der Waals surface area contributed by atoms with Crippen LogP contribution in [0, 0.1) is 18.3 Å². The molecule has 0 amide bonds. The van der Waals surface area contributed by atoms with Gasteiger partial charge in [-0.05, 0) is 48.4 Å². The normalized spacial score (nSPS) is 9.65. The lowest BCUT2D eigenvalue weighted by molar-refractivity contribution is 1.08. The highest BCUT2D eigenvalue weighted by atomic mass is 14.9. The molecule has 0 saturated carbocycles. The Labute approximate surface area is 101 Å². The molecule has 0 unspecified atom stereocenters. The first-order chi connectivity index (χ1) is 8.29. The second-order valence-corrected chi connectivity index (χ2v) is 3.84. The molecular formula is C14H13N3. The van der Waals surface area contributed by atoms with Crippen LogP contribution in [0.5, 0.6) is 0 Å². The van der Waals surface area contributed by atoms with Gasteiger partial charge in [0, 0.05) is 24.6 Å². The molecule has 0 spiro atoms. The fourth-order valence-electron chi connectivity index (χ4n) is 1.54. The Morgan fingerprint density at radius 1 is 1.24 bits per heavy atom. The summed E-state index contributed by atoms with van der Waals surface area (Å²) in [5.41, 5.74) is 4.08. The van der Waals surface area contributed by atoms with E-state index in [-0.39, 0.29) is 0 Å². The highest BCUT2D eigenvalue weighted by Gasteiger charge is 1.98. The van der Waals surface area contributed by atoms with Crippen molar-refractivity contribution in [3.05, 3.63) is 59.4 Å². The fraction of sp³-hybridized carbons (Fsp3) is 0.143. The summed E-state index contributed by atoms with van der Waals surface area (Å²) in [6, 6.07) is 11.5. The summed E-state index contributed by atoms with van der Waals surface area (Å²) < 4.78 is 0. The minimum absolute atomic E-state index is 0.674. The van der Waals surface area contributed by atoms with Gasteiger partial charge in [-0.1, -0.05) is 0 Å². The van der Waals surface area contributed by atoms with Gasteiger partial charge in [0.1, 0.15) is 0 Å². The number of pyridine rings is 1. The highest BCUT2D eigenvalue weighted by Crippen LogP contribution is 2.12. The molecule has 0 aliphatic heterocycles.